The van der Waals surface area contributed by atoms with E-state index >= 15 is 0 Å². The Morgan fingerprint density at radius 2 is 2.07 bits per heavy atom. The molecule has 2 aliphatic heterocycles. The number of carbonyl (C=O) groups excluding carboxylic acids is 1. The number of anilines is 1. The SMILES string of the molecule is CC1(C)O[C@@H]2[C@H](O1)[C@@H](CNS(=O)(=O)OC(N)=O)O[C@H]2n1cc(I)c2c(N)ncnc21. The molecule has 0 aliphatic carbocycles. The van der Waals surface area contributed by atoms with Crippen LogP contribution in [0.1, 0.15) is 20.1 Å². The third-order valence-electron chi connectivity index (χ3n) is 4.65. The van der Waals surface area contributed by atoms with E-state index in [1.807, 2.05) is 0 Å². The first-order chi connectivity index (χ1) is 14.0. The average molecular weight is 554 g/mol. The van der Waals surface area contributed by atoms with Crippen molar-refractivity contribution in [1.82, 2.24) is 19.3 Å². The molecule has 15 heteroatoms. The minimum absolute atomic E-state index is 0.236. The molecular formula is C15H19IN6O7S. The lowest BCUT2D eigenvalue weighted by atomic mass is 10.1. The van der Waals surface area contributed by atoms with Gasteiger partial charge in [-0.15, -0.1) is 0 Å². The van der Waals surface area contributed by atoms with Crippen molar-refractivity contribution < 1.29 is 31.6 Å². The fourth-order valence-corrected chi connectivity index (χ4v) is 5.09. The average Bonchev–Trinajstić information content (AvgIpc) is 3.21. The molecule has 0 unspecified atom stereocenters. The molecule has 2 aromatic heterocycles. The molecule has 5 N–H and O–H groups in total. The van der Waals surface area contributed by atoms with E-state index in [0.29, 0.717) is 16.9 Å². The van der Waals surface area contributed by atoms with Gasteiger partial charge in [0.15, 0.2) is 12.0 Å². The summed E-state index contributed by atoms with van der Waals surface area (Å²) in [7, 11) is -4.39. The molecule has 0 radical (unpaired) electrons. The molecule has 13 nitrogen and oxygen atoms in total. The zero-order chi connectivity index (χ0) is 21.8. The van der Waals surface area contributed by atoms with Gasteiger partial charge in [0, 0.05) is 16.3 Å². The maximum Gasteiger partial charge on any atom is 0.421 e. The van der Waals surface area contributed by atoms with Crippen LogP contribution in [0.3, 0.4) is 0 Å². The predicted octanol–water partition coefficient (Wildman–Crippen LogP) is -0.0347. The third kappa shape index (κ3) is 3.92. The van der Waals surface area contributed by atoms with E-state index < -0.39 is 46.7 Å². The Bertz CT molecular complexity index is 1110. The first-order valence-corrected chi connectivity index (χ1v) is 11.2. The van der Waals surface area contributed by atoms with E-state index in [1.54, 1.807) is 24.6 Å². The van der Waals surface area contributed by atoms with Crippen LogP contribution in [-0.2, 0) is 28.7 Å². The molecule has 0 spiro atoms. The second kappa shape index (κ2) is 7.41. The van der Waals surface area contributed by atoms with Gasteiger partial charge >= 0.3 is 16.4 Å². The van der Waals surface area contributed by atoms with Crippen LogP contribution in [0.4, 0.5) is 10.6 Å². The number of nitrogens with one attached hydrogen (secondary N) is 1. The van der Waals surface area contributed by atoms with Crippen molar-refractivity contribution in [3.05, 3.63) is 16.1 Å². The molecule has 0 saturated carbocycles. The number of hydrogen-bond donors (Lipinski definition) is 3. The van der Waals surface area contributed by atoms with Crippen LogP contribution in [0.15, 0.2) is 12.5 Å². The summed E-state index contributed by atoms with van der Waals surface area (Å²) < 4.78 is 50.4. The molecule has 1 amide bonds. The van der Waals surface area contributed by atoms with Crippen LogP contribution in [0.5, 0.6) is 0 Å². The molecule has 4 rings (SSSR count). The molecule has 2 saturated heterocycles. The van der Waals surface area contributed by atoms with E-state index in [-0.39, 0.29) is 6.54 Å². The second-order valence-corrected chi connectivity index (χ2v) is 9.70. The topological polar surface area (TPSA) is 183 Å². The van der Waals surface area contributed by atoms with Gasteiger partial charge in [0.1, 0.15) is 36.1 Å². The second-order valence-electron chi connectivity index (χ2n) is 7.18. The smallest absolute Gasteiger partial charge is 0.383 e. The highest BCUT2D eigenvalue weighted by molar-refractivity contribution is 14.1. The molecular weight excluding hydrogens is 535 g/mol. The highest BCUT2D eigenvalue weighted by Gasteiger charge is 2.56. The number of halogens is 1. The molecule has 2 aromatic rings. The first-order valence-electron chi connectivity index (χ1n) is 8.73. The summed E-state index contributed by atoms with van der Waals surface area (Å²) in [5, 5.41) is 0.676. The van der Waals surface area contributed by atoms with E-state index in [1.165, 1.54) is 6.33 Å². The summed E-state index contributed by atoms with van der Waals surface area (Å²) in [5.41, 5.74) is 11.3. The normalized spacial score (nSPS) is 28.0. The van der Waals surface area contributed by atoms with Gasteiger partial charge in [0.25, 0.3) is 0 Å². The lowest BCUT2D eigenvalue weighted by Crippen LogP contribution is -2.41. The minimum Gasteiger partial charge on any atom is -0.383 e. The Morgan fingerprint density at radius 1 is 1.37 bits per heavy atom. The van der Waals surface area contributed by atoms with E-state index in [9.17, 15) is 13.2 Å². The predicted molar refractivity (Wildman–Crippen MR) is 110 cm³/mol. The maximum absolute atomic E-state index is 11.8. The number of hydrogen-bond acceptors (Lipinski definition) is 10. The largest absolute Gasteiger partial charge is 0.421 e. The van der Waals surface area contributed by atoms with E-state index in [0.717, 1.165) is 3.57 Å². The zero-order valence-corrected chi connectivity index (χ0v) is 18.8. The molecule has 4 heterocycles. The van der Waals surface area contributed by atoms with E-state index in [4.69, 9.17) is 25.7 Å². The zero-order valence-electron chi connectivity index (χ0n) is 15.8. The van der Waals surface area contributed by atoms with Gasteiger partial charge in [-0.3, -0.25) is 0 Å². The Balaban J connectivity index is 1.64. The standard InChI is InChI=1S/C15H19IN6O7S/c1-15(2)27-9-7(3-21-30(24,25)29-14(18)23)26-13(10(9)28-15)22-4-6(16)8-11(17)19-5-20-12(8)22/h4-5,7,9-10,13,21H,3H2,1-2H3,(H2,18,23)(H2,17,19,20)/t7-,9-,10-,13-/m1/s1. The number of nitrogen functional groups attached to an aromatic ring is 1. The fraction of sp³-hybridized carbons (Fsp3) is 0.533. The van der Waals surface area contributed by atoms with Crippen LogP contribution in [0.25, 0.3) is 11.0 Å². The van der Waals surface area contributed by atoms with Crippen molar-refractivity contribution in [1.29, 1.82) is 0 Å². The van der Waals surface area contributed by atoms with Crippen LogP contribution >= 0.6 is 22.6 Å². The number of fused-ring (bicyclic) bond motifs is 2. The Labute approximate surface area is 184 Å². The van der Waals surface area contributed by atoms with Crippen LogP contribution in [-0.4, -0.2) is 59.7 Å². The summed E-state index contributed by atoms with van der Waals surface area (Å²) in [4.78, 5) is 19.1. The fourth-order valence-electron chi connectivity index (χ4n) is 3.63. The number of ether oxygens (including phenoxy) is 3. The summed E-state index contributed by atoms with van der Waals surface area (Å²) in [6.45, 7) is 3.26. The Hall–Kier alpha value is -1.79. The Morgan fingerprint density at radius 3 is 2.77 bits per heavy atom. The number of rotatable bonds is 5. The third-order valence-corrected chi connectivity index (χ3v) is 6.37. The van der Waals surface area contributed by atoms with Crippen LogP contribution in [0, 0.1) is 3.57 Å². The molecule has 2 aliphatic rings. The minimum atomic E-state index is -4.39. The summed E-state index contributed by atoms with van der Waals surface area (Å²) in [6.07, 6.45) is -0.886. The maximum atomic E-state index is 11.8. The summed E-state index contributed by atoms with van der Waals surface area (Å²) in [6, 6.07) is 0. The van der Waals surface area contributed by atoms with Crippen molar-refractivity contribution in [3.63, 3.8) is 0 Å². The van der Waals surface area contributed by atoms with Gasteiger partial charge in [-0.05, 0) is 36.4 Å². The van der Waals surface area contributed by atoms with Crippen molar-refractivity contribution in [2.45, 2.75) is 44.2 Å². The van der Waals surface area contributed by atoms with Gasteiger partial charge in [0.2, 0.25) is 0 Å². The van der Waals surface area contributed by atoms with Crippen LogP contribution < -0.4 is 16.2 Å². The van der Waals surface area contributed by atoms with Crippen LogP contribution in [0.2, 0.25) is 0 Å². The van der Waals surface area contributed by atoms with Gasteiger partial charge < -0.3 is 34.4 Å². The molecule has 4 atom stereocenters. The quantitative estimate of drug-likeness (QED) is 0.424. The van der Waals surface area contributed by atoms with Crippen molar-refractivity contribution >= 4 is 55.8 Å². The molecule has 0 bridgehead atoms. The number of nitrogens with two attached hydrogens (primary N) is 2. The number of amides is 1. The Kier molecular flexibility index (Phi) is 5.30. The highest BCUT2D eigenvalue weighted by Crippen LogP contribution is 2.44. The molecule has 0 aromatic carbocycles. The van der Waals surface area contributed by atoms with Gasteiger partial charge in [-0.1, -0.05) is 0 Å². The lowest BCUT2D eigenvalue weighted by molar-refractivity contribution is -0.195. The highest BCUT2D eigenvalue weighted by atomic mass is 127. The number of carbonyl (C=O) groups is 1. The van der Waals surface area contributed by atoms with E-state index in [2.05, 4.69) is 41.5 Å². The monoisotopic (exact) mass is 554 g/mol. The van der Waals surface area contributed by atoms with Crippen molar-refractivity contribution in [3.8, 4) is 0 Å². The van der Waals surface area contributed by atoms with Gasteiger partial charge in [0.05, 0.1) is 5.39 Å². The van der Waals surface area contributed by atoms with Gasteiger partial charge in [-0.2, -0.15) is 13.1 Å². The van der Waals surface area contributed by atoms with Crippen molar-refractivity contribution in [2.75, 3.05) is 12.3 Å². The molecule has 30 heavy (non-hydrogen) atoms. The molecule has 2 fully saturated rings. The summed E-state index contributed by atoms with van der Waals surface area (Å²) >= 11 is 2.12. The van der Waals surface area contributed by atoms with Gasteiger partial charge in [-0.25, -0.2) is 14.8 Å². The lowest BCUT2D eigenvalue weighted by Gasteiger charge is -2.25. The number of primary amides is 1. The number of aromatic nitrogens is 3. The molecule has 164 valence electrons. The first kappa shape index (κ1) is 21.4. The number of nitrogens with zero attached hydrogens (tertiary/aromatic N) is 3. The summed E-state index contributed by atoms with van der Waals surface area (Å²) in [5.74, 6) is -0.586. The van der Waals surface area contributed by atoms with Crippen molar-refractivity contribution in [2.24, 2.45) is 5.73 Å².